The standard InChI is InChI=1S/C30H32FN3O5Si.C24H20FN3O3.C17H14FN3O3/c1-37-29(35)26-27(39-19-21-8-6-5-7-9-21)25-24(28(33-26)34-30(36)38-14-15-40(2,3)4)17-22(18-32-25)16-20-10-12-23(31)13-11-20;1-30-24(29)21-22(31-14-16-5-3-2-4-6-16)20-19(23(26)28-21)12-17(13-27-20)11-15-7-9-18(25)10-8-15;1-24-17(23)14-15(22)13-12(16(19)21-14)7-10(8-20-13)6-9-2-4-11(18)5-3-9/h5-13,17-18H,14-16,19H2,1-4H3,(H,33,34,36);2-10,12-13H,11,14H2,1H3,(H2,26,28);2-5,7-8,22H,6H2,1H3,(H2,19,21). The van der Waals surface area contributed by atoms with Gasteiger partial charge in [-0.1, -0.05) is 117 Å². The summed E-state index contributed by atoms with van der Waals surface area (Å²) in [6.07, 6.45) is 5.72. The quantitative estimate of drug-likeness (QED) is 0.0332. The van der Waals surface area contributed by atoms with Gasteiger partial charge in [-0.15, -0.1) is 0 Å². The van der Waals surface area contributed by atoms with Gasteiger partial charge in [-0.3, -0.25) is 20.3 Å². The second-order valence-corrected chi connectivity index (χ2v) is 28.4. The first kappa shape index (κ1) is 67.8. The monoisotopic (exact) mass is 1310 g/mol. The van der Waals surface area contributed by atoms with Crippen LogP contribution in [-0.4, -0.2) is 95.0 Å². The van der Waals surface area contributed by atoms with Crippen LogP contribution in [0.5, 0.6) is 17.2 Å². The number of aromatic nitrogens is 6. The topological polar surface area (TPSA) is 285 Å². The molecule has 0 spiro atoms. The number of amides is 1. The van der Waals surface area contributed by atoms with Crippen molar-refractivity contribution in [3.63, 3.8) is 0 Å². The van der Waals surface area contributed by atoms with E-state index in [1.165, 1.54) is 57.7 Å². The van der Waals surface area contributed by atoms with Gasteiger partial charge in [-0.05, 0) is 124 Å². The van der Waals surface area contributed by atoms with Crippen molar-refractivity contribution in [1.82, 2.24) is 29.9 Å². The van der Waals surface area contributed by atoms with E-state index < -0.39 is 32.1 Å². The number of aromatic hydroxyl groups is 1. The Morgan fingerprint density at radius 2 is 0.842 bits per heavy atom. The summed E-state index contributed by atoms with van der Waals surface area (Å²) in [5.41, 5.74) is 19.5. The number of nitrogens with one attached hydrogen (secondary N) is 1. The van der Waals surface area contributed by atoms with Gasteiger partial charge < -0.3 is 45.0 Å². The molecule has 1 amide bonds. The van der Waals surface area contributed by atoms with E-state index in [1.54, 1.807) is 61.1 Å². The number of rotatable bonds is 19. The number of pyridine rings is 6. The molecule has 20 nitrogen and oxygen atoms in total. The number of ether oxygens (including phenoxy) is 6. The maximum atomic E-state index is 13.4. The number of nitrogen functional groups attached to an aromatic ring is 2. The number of hydrogen-bond donors (Lipinski definition) is 4. The van der Waals surface area contributed by atoms with Gasteiger partial charge >= 0.3 is 24.0 Å². The third kappa shape index (κ3) is 18.0. The van der Waals surface area contributed by atoms with Crippen LogP contribution in [0, 0.1) is 17.5 Å². The molecule has 6 aromatic heterocycles. The molecule has 0 aliphatic heterocycles. The van der Waals surface area contributed by atoms with Crippen LogP contribution < -0.4 is 26.3 Å². The Hall–Kier alpha value is -11.5. The van der Waals surface area contributed by atoms with Crippen LogP contribution in [-0.2, 0) is 51.4 Å². The lowest BCUT2D eigenvalue weighted by Gasteiger charge is -2.17. The second kappa shape index (κ2) is 31.2. The Balaban J connectivity index is 0.000000173. The summed E-state index contributed by atoms with van der Waals surface area (Å²) in [6, 6.07) is 43.8. The maximum Gasteiger partial charge on any atom is 0.412 e. The average molecular weight is 1310 g/mol. The summed E-state index contributed by atoms with van der Waals surface area (Å²) in [5.74, 6) is -2.82. The molecule has 0 saturated heterocycles. The molecule has 95 heavy (non-hydrogen) atoms. The van der Waals surface area contributed by atoms with E-state index in [2.05, 4.69) is 59.6 Å². The smallest absolute Gasteiger partial charge is 0.412 e. The number of hydrogen-bond acceptors (Lipinski definition) is 19. The lowest BCUT2D eigenvalue weighted by Crippen LogP contribution is -2.24. The highest BCUT2D eigenvalue weighted by Crippen LogP contribution is 2.36. The summed E-state index contributed by atoms with van der Waals surface area (Å²) in [7, 11) is 2.28. The third-order valence-corrected chi connectivity index (χ3v) is 16.2. The SMILES string of the molecule is COC(=O)c1nc(N)c2cc(Cc3ccc(F)cc3)cnc2c1O.COC(=O)c1nc(N)c2cc(Cc3ccc(F)cc3)cnc2c1OCc1ccccc1.COC(=O)c1nc(NC(=O)OCC[Si](C)(C)C)c2cc(Cc3ccc(F)cc3)cnc2c1OCc1ccccc1. The second-order valence-electron chi connectivity index (χ2n) is 22.7. The average Bonchev–Trinajstić information content (AvgIpc) is 0.787. The zero-order valence-electron chi connectivity index (χ0n) is 52.6. The highest BCUT2D eigenvalue weighted by molar-refractivity contribution is 6.76. The molecule has 486 valence electrons. The van der Waals surface area contributed by atoms with E-state index in [4.69, 9.17) is 35.2 Å². The van der Waals surface area contributed by atoms with E-state index in [9.17, 15) is 37.5 Å². The number of fused-ring (bicyclic) bond motifs is 3. The summed E-state index contributed by atoms with van der Waals surface area (Å²) >= 11 is 0. The van der Waals surface area contributed by atoms with Crippen LogP contribution in [0.4, 0.5) is 35.4 Å². The van der Waals surface area contributed by atoms with E-state index in [-0.39, 0.29) is 94.6 Å². The van der Waals surface area contributed by atoms with Gasteiger partial charge in [0, 0.05) is 42.8 Å². The number of methoxy groups -OCH3 is 3. The molecule has 5 aromatic carbocycles. The lowest BCUT2D eigenvalue weighted by molar-refractivity contribution is 0.0580. The molecule has 0 radical (unpaired) electrons. The molecule has 6 N–H and O–H groups in total. The van der Waals surface area contributed by atoms with Gasteiger partial charge in [-0.2, -0.15) is 0 Å². The van der Waals surface area contributed by atoms with Crippen molar-refractivity contribution in [1.29, 1.82) is 0 Å². The molecule has 0 unspecified atom stereocenters. The van der Waals surface area contributed by atoms with Crippen LogP contribution in [0.15, 0.2) is 170 Å². The molecule has 0 aliphatic carbocycles. The minimum absolute atomic E-state index is 0.0257. The van der Waals surface area contributed by atoms with Gasteiger partial charge in [0.05, 0.1) is 27.9 Å². The number of anilines is 3. The summed E-state index contributed by atoms with van der Waals surface area (Å²) in [6.45, 7) is 7.23. The number of nitrogens with two attached hydrogens (primary N) is 2. The number of carbonyl (C=O) groups excluding carboxylic acids is 4. The Labute approximate surface area is 545 Å². The Bertz CT molecular complexity index is 4560. The van der Waals surface area contributed by atoms with Gasteiger partial charge in [0.1, 0.15) is 64.7 Å². The minimum atomic E-state index is -1.41. The normalized spacial score (nSPS) is 11.0. The Morgan fingerprint density at radius 3 is 1.26 bits per heavy atom. The van der Waals surface area contributed by atoms with Crippen molar-refractivity contribution in [2.75, 3.05) is 44.7 Å². The molecule has 0 atom stereocenters. The van der Waals surface area contributed by atoms with Crippen LogP contribution in [0.1, 0.15) is 76.0 Å². The van der Waals surface area contributed by atoms with Gasteiger partial charge in [-0.25, -0.2) is 47.3 Å². The number of carbonyl (C=O) groups is 4. The Kier molecular flexibility index (Phi) is 22.3. The van der Waals surface area contributed by atoms with Crippen LogP contribution >= 0.6 is 0 Å². The van der Waals surface area contributed by atoms with Crippen molar-refractivity contribution in [3.8, 4) is 17.2 Å². The summed E-state index contributed by atoms with van der Waals surface area (Å²) in [4.78, 5) is 75.3. The molecular weight excluding hydrogens is 1240 g/mol. The predicted molar refractivity (Wildman–Crippen MR) is 355 cm³/mol. The molecule has 11 aromatic rings. The fraction of sp³-hybridized carbons (Fsp3) is 0.183. The van der Waals surface area contributed by atoms with Crippen LogP contribution in [0.25, 0.3) is 32.7 Å². The molecule has 0 bridgehead atoms. The first-order chi connectivity index (χ1) is 45.7. The fourth-order valence-electron chi connectivity index (χ4n) is 9.59. The molecule has 0 saturated carbocycles. The highest BCUT2D eigenvalue weighted by Gasteiger charge is 2.27. The highest BCUT2D eigenvalue weighted by atomic mass is 28.3. The molecular formula is C71H66F3N9O11Si. The van der Waals surface area contributed by atoms with Crippen LogP contribution in [0.3, 0.4) is 0 Å². The summed E-state index contributed by atoms with van der Waals surface area (Å²) < 4.78 is 71.4. The van der Waals surface area contributed by atoms with E-state index in [1.807, 2.05) is 72.8 Å². The number of halogens is 3. The van der Waals surface area contributed by atoms with E-state index in [0.29, 0.717) is 46.5 Å². The fourth-order valence-corrected chi connectivity index (χ4v) is 10.3. The van der Waals surface area contributed by atoms with Gasteiger partial charge in [0.25, 0.3) is 0 Å². The van der Waals surface area contributed by atoms with Gasteiger partial charge in [0.2, 0.25) is 0 Å². The zero-order valence-corrected chi connectivity index (χ0v) is 53.6. The van der Waals surface area contributed by atoms with Crippen LogP contribution in [0.2, 0.25) is 25.7 Å². The number of nitrogens with zero attached hydrogens (tertiary/aromatic N) is 6. The van der Waals surface area contributed by atoms with E-state index in [0.717, 1.165) is 50.6 Å². The minimum Gasteiger partial charge on any atom is -0.504 e. The number of benzene rings is 5. The lowest BCUT2D eigenvalue weighted by atomic mass is 10.0. The molecule has 24 heteroatoms. The van der Waals surface area contributed by atoms with Crippen molar-refractivity contribution in [3.05, 3.63) is 249 Å². The Morgan fingerprint density at radius 1 is 0.474 bits per heavy atom. The van der Waals surface area contributed by atoms with Crippen molar-refractivity contribution in [2.24, 2.45) is 0 Å². The predicted octanol–water partition coefficient (Wildman–Crippen LogP) is 13.4. The zero-order chi connectivity index (χ0) is 67.8. The van der Waals surface area contributed by atoms with Crippen molar-refractivity contribution in [2.45, 2.75) is 58.2 Å². The largest absolute Gasteiger partial charge is 0.504 e. The molecule has 11 rings (SSSR count). The molecule has 0 fully saturated rings. The molecule has 6 heterocycles. The van der Waals surface area contributed by atoms with E-state index >= 15 is 0 Å². The van der Waals surface area contributed by atoms with Crippen molar-refractivity contribution < 1.29 is 65.9 Å². The maximum absolute atomic E-state index is 13.4. The first-order valence-corrected chi connectivity index (χ1v) is 33.3. The number of esters is 3. The first-order valence-electron chi connectivity index (χ1n) is 29.6. The van der Waals surface area contributed by atoms with Gasteiger partial charge in [0.15, 0.2) is 34.3 Å². The van der Waals surface area contributed by atoms with Crippen molar-refractivity contribution >= 4 is 82.2 Å². The molecule has 0 aliphatic rings. The third-order valence-electron chi connectivity index (χ3n) is 14.5. The summed E-state index contributed by atoms with van der Waals surface area (Å²) in [5, 5.41) is 14.3.